The van der Waals surface area contributed by atoms with Crippen LogP contribution in [0.1, 0.15) is 26.5 Å². The molecule has 9 heteroatoms. The van der Waals surface area contributed by atoms with Crippen molar-refractivity contribution < 1.29 is 14.0 Å². The minimum absolute atomic E-state index is 0.00106. The van der Waals surface area contributed by atoms with Gasteiger partial charge in [-0.15, -0.1) is 5.10 Å². The number of nitrogens with zero attached hydrogens (tertiary/aromatic N) is 4. The maximum absolute atomic E-state index is 14.2. The highest BCUT2D eigenvalue weighted by atomic mass is 19.1. The summed E-state index contributed by atoms with van der Waals surface area (Å²) >= 11 is 0. The van der Waals surface area contributed by atoms with Gasteiger partial charge in [-0.2, -0.15) is 4.68 Å². The summed E-state index contributed by atoms with van der Waals surface area (Å²) in [5.74, 6) is -0.813. The van der Waals surface area contributed by atoms with Crippen molar-refractivity contribution in [3.05, 3.63) is 95.6 Å². The van der Waals surface area contributed by atoms with Crippen molar-refractivity contribution in [2.24, 2.45) is 0 Å². The molecule has 0 bridgehead atoms. The summed E-state index contributed by atoms with van der Waals surface area (Å²) in [5.41, 5.74) is 1.88. The summed E-state index contributed by atoms with van der Waals surface area (Å²) in [6.45, 7) is 1.71. The van der Waals surface area contributed by atoms with Crippen LogP contribution in [0.3, 0.4) is 0 Å². The normalized spacial score (nSPS) is 10.5. The monoisotopic (exact) mass is 416 g/mol. The number of carbonyl (C=O) groups is 2. The molecule has 3 aromatic carbocycles. The van der Waals surface area contributed by atoms with E-state index >= 15 is 0 Å². The van der Waals surface area contributed by atoms with Gasteiger partial charge in [-0.1, -0.05) is 18.2 Å². The third-order valence-corrected chi connectivity index (χ3v) is 4.51. The molecule has 31 heavy (non-hydrogen) atoms. The molecule has 1 aromatic heterocycles. The first-order valence-electron chi connectivity index (χ1n) is 9.34. The Kier molecular flexibility index (Phi) is 5.48. The SMILES string of the molecule is Cc1nnnn1-c1ccc(F)c(NC(=O)c2ccc(NC(=O)c3ccccc3)cc2)c1. The zero-order valence-corrected chi connectivity index (χ0v) is 16.4. The van der Waals surface area contributed by atoms with E-state index in [-0.39, 0.29) is 11.6 Å². The van der Waals surface area contributed by atoms with Crippen LogP contribution in [0.2, 0.25) is 0 Å². The lowest BCUT2D eigenvalue weighted by molar-refractivity contribution is 0.101. The minimum Gasteiger partial charge on any atom is -0.322 e. The summed E-state index contributed by atoms with van der Waals surface area (Å²) in [4.78, 5) is 24.8. The van der Waals surface area contributed by atoms with E-state index in [2.05, 4.69) is 26.2 Å². The maximum atomic E-state index is 14.2. The van der Waals surface area contributed by atoms with E-state index in [1.165, 1.54) is 22.9 Å². The number of carbonyl (C=O) groups excluding carboxylic acids is 2. The second-order valence-electron chi connectivity index (χ2n) is 6.65. The van der Waals surface area contributed by atoms with E-state index in [4.69, 9.17) is 0 Å². The number of benzene rings is 3. The zero-order valence-electron chi connectivity index (χ0n) is 16.4. The van der Waals surface area contributed by atoms with Gasteiger partial charge in [0.05, 0.1) is 11.4 Å². The minimum atomic E-state index is -0.588. The number of rotatable bonds is 5. The van der Waals surface area contributed by atoms with Crippen molar-refractivity contribution >= 4 is 23.2 Å². The van der Waals surface area contributed by atoms with E-state index in [1.54, 1.807) is 55.5 Å². The lowest BCUT2D eigenvalue weighted by Crippen LogP contribution is -2.14. The van der Waals surface area contributed by atoms with Gasteiger partial charge >= 0.3 is 0 Å². The third kappa shape index (κ3) is 4.45. The van der Waals surface area contributed by atoms with E-state index in [1.807, 2.05) is 6.07 Å². The molecule has 0 radical (unpaired) electrons. The Labute approximate surface area is 176 Å². The molecule has 0 aliphatic rings. The van der Waals surface area contributed by atoms with Gasteiger partial charge in [-0.3, -0.25) is 9.59 Å². The molecule has 2 amide bonds. The van der Waals surface area contributed by atoms with Crippen molar-refractivity contribution in [2.45, 2.75) is 6.92 Å². The summed E-state index contributed by atoms with van der Waals surface area (Å²) in [7, 11) is 0. The molecule has 154 valence electrons. The largest absolute Gasteiger partial charge is 0.322 e. The highest BCUT2D eigenvalue weighted by Crippen LogP contribution is 2.20. The van der Waals surface area contributed by atoms with Crippen LogP contribution in [0, 0.1) is 12.7 Å². The number of nitrogens with one attached hydrogen (secondary N) is 2. The second-order valence-corrected chi connectivity index (χ2v) is 6.65. The van der Waals surface area contributed by atoms with Crippen molar-refractivity contribution in [2.75, 3.05) is 10.6 Å². The standard InChI is InChI=1S/C22H17FN6O2/c1-14-26-27-28-29(14)18-11-12-19(23)20(13-18)25-22(31)16-7-9-17(10-8-16)24-21(30)15-5-3-2-4-6-15/h2-13H,1H3,(H,24,30)(H,25,31). The molecule has 0 aliphatic heterocycles. The number of tetrazole rings is 1. The summed E-state index contributed by atoms with van der Waals surface area (Å²) in [6.07, 6.45) is 0. The van der Waals surface area contributed by atoms with E-state index in [0.717, 1.165) is 0 Å². The van der Waals surface area contributed by atoms with Crippen molar-refractivity contribution in [1.29, 1.82) is 0 Å². The second kappa shape index (κ2) is 8.54. The van der Waals surface area contributed by atoms with Gasteiger partial charge in [0.15, 0.2) is 5.82 Å². The molecule has 0 atom stereocenters. The Morgan fingerprint density at radius 3 is 2.23 bits per heavy atom. The predicted molar refractivity (Wildman–Crippen MR) is 113 cm³/mol. The Bertz CT molecular complexity index is 1240. The molecule has 0 saturated heterocycles. The van der Waals surface area contributed by atoms with Crippen LogP contribution in [-0.2, 0) is 0 Å². The van der Waals surface area contributed by atoms with Crippen LogP contribution in [0.15, 0.2) is 72.8 Å². The van der Waals surface area contributed by atoms with Crippen LogP contribution < -0.4 is 10.6 Å². The zero-order chi connectivity index (χ0) is 21.8. The predicted octanol–water partition coefficient (Wildman–Crippen LogP) is 3.61. The van der Waals surface area contributed by atoms with E-state index in [9.17, 15) is 14.0 Å². The molecule has 1 heterocycles. The number of hydrogen-bond donors (Lipinski definition) is 2. The Balaban J connectivity index is 1.47. The molecule has 8 nitrogen and oxygen atoms in total. The van der Waals surface area contributed by atoms with Gasteiger partial charge in [-0.25, -0.2) is 4.39 Å². The molecule has 4 aromatic rings. The fraction of sp³-hybridized carbons (Fsp3) is 0.0455. The first kappa shape index (κ1) is 19.9. The first-order chi connectivity index (χ1) is 15.0. The van der Waals surface area contributed by atoms with Crippen LogP contribution >= 0.6 is 0 Å². The lowest BCUT2D eigenvalue weighted by Gasteiger charge is -2.10. The highest BCUT2D eigenvalue weighted by molar-refractivity contribution is 6.06. The van der Waals surface area contributed by atoms with Gasteiger partial charge in [-0.05, 0) is 71.9 Å². The Morgan fingerprint density at radius 2 is 1.55 bits per heavy atom. The molecule has 0 aliphatic carbocycles. The molecule has 4 rings (SSSR count). The quantitative estimate of drug-likeness (QED) is 0.517. The number of aromatic nitrogens is 4. The third-order valence-electron chi connectivity index (χ3n) is 4.51. The highest BCUT2D eigenvalue weighted by Gasteiger charge is 2.13. The van der Waals surface area contributed by atoms with Crippen LogP contribution in [0.5, 0.6) is 0 Å². The first-order valence-corrected chi connectivity index (χ1v) is 9.34. The molecule has 0 spiro atoms. The summed E-state index contributed by atoms with van der Waals surface area (Å²) in [5, 5.41) is 16.5. The van der Waals surface area contributed by atoms with Crippen molar-refractivity contribution in [3.8, 4) is 5.69 Å². The van der Waals surface area contributed by atoms with E-state index < -0.39 is 11.7 Å². The molecule has 0 fully saturated rings. The van der Waals surface area contributed by atoms with Crippen molar-refractivity contribution in [3.63, 3.8) is 0 Å². The molecular weight excluding hydrogens is 399 g/mol. The molecule has 0 unspecified atom stereocenters. The lowest BCUT2D eigenvalue weighted by atomic mass is 10.1. The topological polar surface area (TPSA) is 102 Å². The number of aryl methyl sites for hydroxylation is 1. The number of hydrogen-bond acceptors (Lipinski definition) is 5. The number of halogens is 1. The molecule has 0 saturated carbocycles. The van der Waals surface area contributed by atoms with Crippen LogP contribution in [0.4, 0.5) is 15.8 Å². The Morgan fingerprint density at radius 1 is 0.871 bits per heavy atom. The average Bonchev–Trinajstić information content (AvgIpc) is 3.22. The van der Waals surface area contributed by atoms with Crippen molar-refractivity contribution in [1.82, 2.24) is 20.2 Å². The maximum Gasteiger partial charge on any atom is 0.255 e. The molecular formula is C22H17FN6O2. The van der Waals surface area contributed by atoms with Gasteiger partial charge in [0.25, 0.3) is 11.8 Å². The fourth-order valence-corrected chi connectivity index (χ4v) is 2.90. The van der Waals surface area contributed by atoms with Crippen LogP contribution in [0.25, 0.3) is 5.69 Å². The number of anilines is 2. The number of amides is 2. The molecule has 2 N–H and O–H groups in total. The van der Waals surface area contributed by atoms with Gasteiger partial charge in [0.1, 0.15) is 5.82 Å². The van der Waals surface area contributed by atoms with Gasteiger partial charge in [0.2, 0.25) is 0 Å². The smallest absolute Gasteiger partial charge is 0.255 e. The summed E-state index contributed by atoms with van der Waals surface area (Å²) in [6, 6.07) is 19.3. The average molecular weight is 416 g/mol. The fourth-order valence-electron chi connectivity index (χ4n) is 2.90. The Hall–Kier alpha value is -4.40. The van der Waals surface area contributed by atoms with Gasteiger partial charge < -0.3 is 10.6 Å². The van der Waals surface area contributed by atoms with Crippen LogP contribution in [-0.4, -0.2) is 32.0 Å². The van der Waals surface area contributed by atoms with Gasteiger partial charge in [0, 0.05) is 16.8 Å². The van der Waals surface area contributed by atoms with E-state index in [0.29, 0.717) is 28.3 Å². The summed E-state index contributed by atoms with van der Waals surface area (Å²) < 4.78 is 15.7.